The van der Waals surface area contributed by atoms with Crippen LogP contribution < -0.4 is 13.0 Å². The molecule has 0 saturated heterocycles. The summed E-state index contributed by atoms with van der Waals surface area (Å²) in [5.74, 6) is -0.830. The van der Waals surface area contributed by atoms with Crippen molar-refractivity contribution in [2.45, 2.75) is 19.6 Å². The number of rotatable bonds is 10. The summed E-state index contributed by atoms with van der Waals surface area (Å²) in [6.07, 6.45) is 0. The van der Waals surface area contributed by atoms with Gasteiger partial charge in [0.1, 0.15) is 21.3 Å². The van der Waals surface area contributed by atoms with Gasteiger partial charge in [0.25, 0.3) is 40.1 Å². The van der Waals surface area contributed by atoms with Crippen molar-refractivity contribution in [2.75, 3.05) is 0 Å². The van der Waals surface area contributed by atoms with Crippen molar-refractivity contribution in [1.29, 1.82) is 0 Å². The molecular weight excluding hydrogens is 589 g/mol. The van der Waals surface area contributed by atoms with E-state index in [1.54, 1.807) is 20.4 Å². The minimum absolute atomic E-state index is 0.297. The molecule has 0 aliphatic heterocycles. The summed E-state index contributed by atoms with van der Waals surface area (Å²) in [6, 6.07) is 23.5. The molecule has 11 nitrogen and oxygen atoms in total. The van der Waals surface area contributed by atoms with Crippen molar-refractivity contribution >= 4 is 40.1 Å². The maximum absolute atomic E-state index is 13.1. The monoisotopic (exact) mass is 608 g/mol. The van der Waals surface area contributed by atoms with Crippen LogP contribution in [0.2, 0.25) is 0 Å². The van der Waals surface area contributed by atoms with Crippen LogP contribution in [0.3, 0.4) is 0 Å². The van der Waals surface area contributed by atoms with Crippen molar-refractivity contribution in [2.24, 2.45) is 0 Å². The molecule has 2 N–H and O–H groups in total. The molecular formula is C24H20N2O9S4. The largest absolute Gasteiger partial charge is 0.455 e. The first kappa shape index (κ1) is 28.4. The van der Waals surface area contributed by atoms with Crippen LogP contribution in [0.25, 0.3) is 0 Å². The predicted octanol–water partition coefficient (Wildman–Crippen LogP) is 2.81. The molecule has 0 bridgehead atoms. The molecule has 0 unspecified atom stereocenters. The zero-order valence-electron chi connectivity index (χ0n) is 19.7. The molecule has 15 heteroatoms. The normalized spacial score (nSPS) is 12.6. The van der Waals surface area contributed by atoms with Gasteiger partial charge in [-0.25, -0.2) is 33.7 Å². The minimum Gasteiger partial charge on any atom is -0.455 e. The summed E-state index contributed by atoms with van der Waals surface area (Å²) < 4.78 is 112. The Morgan fingerprint density at radius 1 is 0.385 bits per heavy atom. The van der Waals surface area contributed by atoms with E-state index in [0.717, 1.165) is 12.1 Å². The Labute approximate surface area is 226 Å². The number of hydrogen-bond donors (Lipinski definition) is 2. The van der Waals surface area contributed by atoms with Crippen LogP contribution in [-0.4, -0.2) is 33.7 Å². The zero-order valence-corrected chi connectivity index (χ0v) is 23.0. The molecule has 4 aromatic carbocycles. The molecule has 4 aromatic rings. The summed E-state index contributed by atoms with van der Waals surface area (Å²) in [6.45, 7) is 0. The highest BCUT2D eigenvalue weighted by Crippen LogP contribution is 2.33. The highest BCUT2D eigenvalue weighted by molar-refractivity contribution is 8.05. The fourth-order valence-electron chi connectivity index (χ4n) is 3.31. The summed E-state index contributed by atoms with van der Waals surface area (Å²) in [7, 11) is -18.5. The van der Waals surface area contributed by atoms with Crippen LogP contribution in [0.5, 0.6) is 11.5 Å². The van der Waals surface area contributed by atoms with Gasteiger partial charge in [0.05, 0.1) is 9.79 Å². The molecule has 0 aromatic heterocycles. The van der Waals surface area contributed by atoms with Gasteiger partial charge in [-0.3, -0.25) is 0 Å². The van der Waals surface area contributed by atoms with Gasteiger partial charge in [0.2, 0.25) is 0 Å². The van der Waals surface area contributed by atoms with E-state index in [4.69, 9.17) is 4.74 Å². The van der Waals surface area contributed by atoms with Gasteiger partial charge >= 0.3 is 0 Å². The fourth-order valence-corrected chi connectivity index (χ4v) is 9.40. The molecule has 0 atom stereocenters. The van der Waals surface area contributed by atoms with Gasteiger partial charge in [0.15, 0.2) is 0 Å². The lowest BCUT2D eigenvalue weighted by molar-refractivity contribution is 0.453. The maximum Gasteiger partial charge on any atom is 0.257 e. The van der Waals surface area contributed by atoms with Crippen LogP contribution >= 0.6 is 0 Å². The Bertz CT molecular complexity index is 1790. The van der Waals surface area contributed by atoms with Crippen LogP contribution in [0.15, 0.2) is 129 Å². The van der Waals surface area contributed by atoms with Crippen molar-refractivity contribution in [3.63, 3.8) is 0 Å². The number of para-hydroxylation sites is 2. The van der Waals surface area contributed by atoms with Gasteiger partial charge in [-0.05, 0) is 48.5 Å². The van der Waals surface area contributed by atoms with Crippen LogP contribution in [0.1, 0.15) is 0 Å². The number of benzene rings is 4. The molecule has 0 fully saturated rings. The standard InChI is InChI=1S/C24H20N2O9S4/c27-36(28,19-11-3-1-4-12-19)25-38(31,32)23-17-9-7-15-21(23)35-22-16-8-10-18-24(22)39(33,34)26-37(29,30)20-13-5-2-6-14-20/h1-18,25-26H. The molecule has 0 radical (unpaired) electrons. The molecule has 0 amide bonds. The fraction of sp³-hybridized carbons (Fsp3) is 0. The van der Waals surface area contributed by atoms with Crippen LogP contribution in [0, 0.1) is 0 Å². The third-order valence-electron chi connectivity index (χ3n) is 5.04. The van der Waals surface area contributed by atoms with Crippen molar-refractivity contribution < 1.29 is 38.4 Å². The van der Waals surface area contributed by atoms with Gasteiger partial charge in [-0.15, -0.1) is 8.25 Å². The quantitative estimate of drug-likeness (QED) is 0.275. The Morgan fingerprint density at radius 3 is 1.05 bits per heavy atom. The van der Waals surface area contributed by atoms with E-state index in [-0.39, 0.29) is 9.79 Å². The van der Waals surface area contributed by atoms with E-state index >= 15 is 0 Å². The van der Waals surface area contributed by atoms with E-state index in [1.807, 2.05) is 0 Å². The molecule has 0 spiro atoms. The maximum atomic E-state index is 13.1. The average Bonchev–Trinajstić information content (AvgIpc) is 2.89. The first-order chi connectivity index (χ1) is 18.3. The summed E-state index contributed by atoms with van der Waals surface area (Å²) in [4.78, 5) is -1.81. The zero-order chi connectivity index (χ0) is 28.3. The molecule has 204 valence electrons. The summed E-state index contributed by atoms with van der Waals surface area (Å²) >= 11 is 0. The molecule has 0 heterocycles. The Kier molecular flexibility index (Phi) is 7.92. The molecule has 0 aliphatic carbocycles. The van der Waals surface area contributed by atoms with Gasteiger partial charge in [-0.1, -0.05) is 60.7 Å². The first-order valence-corrected chi connectivity index (χ1v) is 16.8. The predicted molar refractivity (Wildman–Crippen MR) is 141 cm³/mol. The van der Waals surface area contributed by atoms with Crippen molar-refractivity contribution in [1.82, 2.24) is 8.25 Å². The van der Waals surface area contributed by atoms with Crippen molar-refractivity contribution in [3.8, 4) is 11.5 Å². The molecule has 4 rings (SSSR count). The van der Waals surface area contributed by atoms with Crippen molar-refractivity contribution in [3.05, 3.63) is 109 Å². The van der Waals surface area contributed by atoms with Gasteiger partial charge in [0, 0.05) is 0 Å². The molecule has 39 heavy (non-hydrogen) atoms. The third-order valence-corrected chi connectivity index (χ3v) is 12.2. The van der Waals surface area contributed by atoms with E-state index in [0.29, 0.717) is 0 Å². The number of nitrogens with one attached hydrogen (secondary N) is 2. The number of sulfonamides is 4. The topological polar surface area (TPSA) is 170 Å². The van der Waals surface area contributed by atoms with Gasteiger partial charge in [-0.2, -0.15) is 0 Å². The molecule has 0 saturated carbocycles. The lowest BCUT2D eigenvalue weighted by Crippen LogP contribution is -2.31. The van der Waals surface area contributed by atoms with Gasteiger partial charge < -0.3 is 4.74 Å². The highest BCUT2D eigenvalue weighted by atomic mass is 32.3. The highest BCUT2D eigenvalue weighted by Gasteiger charge is 2.30. The third kappa shape index (κ3) is 6.52. The molecule has 0 aliphatic rings. The Morgan fingerprint density at radius 2 is 0.692 bits per heavy atom. The second-order valence-corrected chi connectivity index (χ2v) is 15.0. The minimum atomic E-state index is -4.75. The average molecular weight is 609 g/mol. The number of ether oxygens (including phenoxy) is 1. The van der Waals surface area contributed by atoms with Crippen LogP contribution in [-0.2, 0) is 40.1 Å². The van der Waals surface area contributed by atoms with E-state index in [2.05, 4.69) is 0 Å². The SMILES string of the molecule is O=S(=O)(NS(=O)(=O)c1ccccc1Oc1ccccc1S(=O)(=O)NS(=O)(=O)c1ccccc1)c1ccccc1. The smallest absolute Gasteiger partial charge is 0.257 e. The van der Waals surface area contributed by atoms with E-state index in [9.17, 15) is 33.7 Å². The summed E-state index contributed by atoms with van der Waals surface area (Å²) in [5, 5.41) is 0. The Balaban J connectivity index is 1.69. The van der Waals surface area contributed by atoms with Crippen LogP contribution in [0.4, 0.5) is 0 Å². The lowest BCUT2D eigenvalue weighted by Gasteiger charge is -2.15. The summed E-state index contributed by atoms with van der Waals surface area (Å²) in [5.41, 5.74) is 0. The lowest BCUT2D eigenvalue weighted by atomic mass is 10.3. The number of hydrogen-bond acceptors (Lipinski definition) is 9. The van der Waals surface area contributed by atoms with E-state index in [1.165, 1.54) is 84.9 Å². The first-order valence-electron chi connectivity index (χ1n) is 10.9. The van der Waals surface area contributed by atoms with E-state index < -0.39 is 61.4 Å². The second-order valence-electron chi connectivity index (χ2n) is 7.80. The second kappa shape index (κ2) is 10.9. The Hall–Kier alpha value is -3.60.